The number of sulfonamides is 1. The molecule has 5 nitrogen and oxygen atoms in total. The Kier molecular flexibility index (Phi) is 4.92. The molecular weight excluding hydrogens is 336 g/mol. The molecule has 1 fully saturated rings. The van der Waals surface area contributed by atoms with Gasteiger partial charge in [0.2, 0.25) is 15.9 Å². The summed E-state index contributed by atoms with van der Waals surface area (Å²) >= 11 is 0. The minimum absolute atomic E-state index is 0.207. The van der Waals surface area contributed by atoms with E-state index >= 15 is 0 Å². The SMILES string of the molecule is CCc1ccccc1S(=O)(=O)N[C@H]1CCN(c2ccc(C)cc2)C1=O. The lowest BCUT2D eigenvalue weighted by Gasteiger charge is -2.18. The van der Waals surface area contributed by atoms with Crippen LogP contribution < -0.4 is 9.62 Å². The smallest absolute Gasteiger partial charge is 0.245 e. The van der Waals surface area contributed by atoms with Crippen molar-refractivity contribution in [1.29, 1.82) is 0 Å². The lowest BCUT2D eigenvalue weighted by molar-refractivity contribution is -0.118. The predicted molar refractivity (Wildman–Crippen MR) is 98.1 cm³/mol. The molecule has 1 amide bonds. The number of nitrogens with zero attached hydrogens (tertiary/aromatic N) is 1. The second-order valence-electron chi connectivity index (χ2n) is 6.25. The van der Waals surface area contributed by atoms with Gasteiger partial charge in [0.15, 0.2) is 0 Å². The van der Waals surface area contributed by atoms with Gasteiger partial charge in [0, 0.05) is 12.2 Å². The number of rotatable bonds is 5. The number of amides is 1. The summed E-state index contributed by atoms with van der Waals surface area (Å²) < 4.78 is 28.0. The average Bonchev–Trinajstić information content (AvgIpc) is 2.96. The summed E-state index contributed by atoms with van der Waals surface area (Å²) in [6.45, 7) is 4.40. The van der Waals surface area contributed by atoms with E-state index in [0.717, 1.165) is 16.8 Å². The van der Waals surface area contributed by atoms with Crippen LogP contribution in [0.5, 0.6) is 0 Å². The highest BCUT2D eigenvalue weighted by atomic mass is 32.2. The first-order chi connectivity index (χ1) is 11.9. The van der Waals surface area contributed by atoms with Crippen LogP contribution in [-0.2, 0) is 21.2 Å². The molecule has 1 aliphatic heterocycles. The molecule has 0 bridgehead atoms. The Labute approximate surface area is 148 Å². The molecule has 0 spiro atoms. The summed E-state index contributed by atoms with van der Waals surface area (Å²) in [5, 5.41) is 0. The van der Waals surface area contributed by atoms with Gasteiger partial charge in [-0.05, 0) is 43.5 Å². The molecule has 25 heavy (non-hydrogen) atoms. The van der Waals surface area contributed by atoms with Crippen LogP contribution in [0.2, 0.25) is 0 Å². The number of anilines is 1. The quantitative estimate of drug-likeness (QED) is 0.893. The second kappa shape index (κ2) is 6.98. The van der Waals surface area contributed by atoms with Crippen LogP contribution in [0.4, 0.5) is 5.69 Å². The normalized spacial score (nSPS) is 17.9. The molecule has 6 heteroatoms. The van der Waals surface area contributed by atoms with Gasteiger partial charge in [-0.2, -0.15) is 4.72 Å². The molecule has 1 saturated heterocycles. The molecule has 0 radical (unpaired) electrons. The molecule has 132 valence electrons. The Bertz CT molecular complexity index is 876. The molecule has 0 aliphatic carbocycles. The average molecular weight is 358 g/mol. The van der Waals surface area contributed by atoms with Crippen molar-refractivity contribution in [2.24, 2.45) is 0 Å². The van der Waals surface area contributed by atoms with Crippen LogP contribution >= 0.6 is 0 Å². The third-order valence-corrected chi connectivity index (χ3v) is 6.06. The van der Waals surface area contributed by atoms with Crippen molar-refractivity contribution >= 4 is 21.6 Å². The fourth-order valence-electron chi connectivity index (χ4n) is 3.08. The summed E-state index contributed by atoms with van der Waals surface area (Å²) in [7, 11) is -3.73. The molecule has 0 unspecified atom stereocenters. The first kappa shape index (κ1) is 17.6. The Morgan fingerprint density at radius 1 is 1.12 bits per heavy atom. The fraction of sp³-hybridized carbons (Fsp3) is 0.316. The van der Waals surface area contributed by atoms with Crippen LogP contribution in [0, 0.1) is 6.92 Å². The molecule has 1 N–H and O–H groups in total. The highest BCUT2D eigenvalue weighted by Crippen LogP contribution is 2.24. The largest absolute Gasteiger partial charge is 0.311 e. The third kappa shape index (κ3) is 3.60. The summed E-state index contributed by atoms with van der Waals surface area (Å²) in [4.78, 5) is 14.5. The molecule has 1 atom stereocenters. The Morgan fingerprint density at radius 3 is 2.48 bits per heavy atom. The van der Waals surface area contributed by atoms with Gasteiger partial charge in [0.25, 0.3) is 0 Å². The van der Waals surface area contributed by atoms with Gasteiger partial charge in [-0.15, -0.1) is 0 Å². The summed E-state index contributed by atoms with van der Waals surface area (Å²) in [6.07, 6.45) is 1.07. The maximum absolute atomic E-state index is 12.7. The van der Waals surface area contributed by atoms with Gasteiger partial charge < -0.3 is 4.90 Å². The van der Waals surface area contributed by atoms with Crippen molar-refractivity contribution in [3.05, 3.63) is 59.7 Å². The van der Waals surface area contributed by atoms with E-state index < -0.39 is 16.1 Å². The monoisotopic (exact) mass is 358 g/mol. The van der Waals surface area contributed by atoms with Gasteiger partial charge in [-0.1, -0.05) is 42.8 Å². The van der Waals surface area contributed by atoms with Crippen molar-refractivity contribution in [3.8, 4) is 0 Å². The van der Waals surface area contributed by atoms with Gasteiger partial charge in [0.05, 0.1) is 4.90 Å². The lowest BCUT2D eigenvalue weighted by atomic mass is 10.2. The molecule has 2 aromatic carbocycles. The van der Waals surface area contributed by atoms with E-state index in [1.54, 1.807) is 23.1 Å². The third-order valence-electron chi connectivity index (χ3n) is 4.49. The minimum atomic E-state index is -3.73. The lowest BCUT2D eigenvalue weighted by Crippen LogP contribution is -2.41. The van der Waals surface area contributed by atoms with Crippen molar-refractivity contribution in [2.75, 3.05) is 11.4 Å². The molecule has 1 heterocycles. The van der Waals surface area contributed by atoms with E-state index in [1.807, 2.05) is 44.2 Å². The first-order valence-electron chi connectivity index (χ1n) is 8.40. The number of hydrogen-bond acceptors (Lipinski definition) is 3. The molecule has 3 rings (SSSR count). The zero-order valence-electron chi connectivity index (χ0n) is 14.4. The number of benzene rings is 2. The van der Waals surface area contributed by atoms with E-state index in [1.165, 1.54) is 0 Å². The molecule has 2 aromatic rings. The molecule has 0 saturated carbocycles. The standard InChI is InChI=1S/C19H22N2O3S/c1-3-15-6-4-5-7-18(15)25(23,24)20-17-12-13-21(19(17)22)16-10-8-14(2)9-11-16/h4-11,17,20H,3,12-13H2,1-2H3/t17-/m0/s1. The topological polar surface area (TPSA) is 66.5 Å². The van der Waals surface area contributed by atoms with E-state index in [9.17, 15) is 13.2 Å². The highest BCUT2D eigenvalue weighted by Gasteiger charge is 2.36. The molecule has 1 aliphatic rings. The van der Waals surface area contributed by atoms with E-state index in [0.29, 0.717) is 19.4 Å². The van der Waals surface area contributed by atoms with Crippen LogP contribution in [0.15, 0.2) is 53.4 Å². The van der Waals surface area contributed by atoms with Crippen LogP contribution in [-0.4, -0.2) is 26.9 Å². The zero-order valence-corrected chi connectivity index (χ0v) is 15.2. The number of carbonyl (C=O) groups is 1. The van der Waals surface area contributed by atoms with Gasteiger partial charge in [-0.25, -0.2) is 8.42 Å². The van der Waals surface area contributed by atoms with E-state index in [4.69, 9.17) is 0 Å². The Hall–Kier alpha value is -2.18. The maximum atomic E-state index is 12.7. The van der Waals surface area contributed by atoms with Crippen LogP contribution in [0.3, 0.4) is 0 Å². The highest BCUT2D eigenvalue weighted by molar-refractivity contribution is 7.89. The zero-order chi connectivity index (χ0) is 18.0. The Morgan fingerprint density at radius 2 is 1.80 bits per heavy atom. The summed E-state index contributed by atoms with van der Waals surface area (Å²) in [5.74, 6) is -0.207. The number of nitrogens with one attached hydrogen (secondary N) is 1. The van der Waals surface area contributed by atoms with Gasteiger partial charge in [0.1, 0.15) is 6.04 Å². The maximum Gasteiger partial charge on any atom is 0.245 e. The van der Waals surface area contributed by atoms with Gasteiger partial charge in [-0.3, -0.25) is 4.79 Å². The first-order valence-corrected chi connectivity index (χ1v) is 9.89. The van der Waals surface area contributed by atoms with E-state index in [2.05, 4.69) is 4.72 Å². The number of carbonyl (C=O) groups excluding carboxylic acids is 1. The van der Waals surface area contributed by atoms with Crippen LogP contribution in [0.25, 0.3) is 0 Å². The number of aryl methyl sites for hydroxylation is 2. The van der Waals surface area contributed by atoms with Crippen molar-refractivity contribution in [3.63, 3.8) is 0 Å². The second-order valence-corrected chi connectivity index (χ2v) is 7.93. The molecular formula is C19H22N2O3S. The minimum Gasteiger partial charge on any atom is -0.311 e. The van der Waals surface area contributed by atoms with Crippen molar-refractivity contribution < 1.29 is 13.2 Å². The van der Waals surface area contributed by atoms with Crippen molar-refractivity contribution in [2.45, 2.75) is 37.6 Å². The van der Waals surface area contributed by atoms with Gasteiger partial charge >= 0.3 is 0 Å². The van der Waals surface area contributed by atoms with Crippen LogP contribution in [0.1, 0.15) is 24.5 Å². The summed E-state index contributed by atoms with van der Waals surface area (Å²) in [6, 6.07) is 13.8. The fourth-order valence-corrected chi connectivity index (χ4v) is 4.61. The number of hydrogen-bond donors (Lipinski definition) is 1. The predicted octanol–water partition coefficient (Wildman–Crippen LogP) is 2.64. The Balaban J connectivity index is 1.79. The summed E-state index contributed by atoms with van der Waals surface area (Å²) in [5.41, 5.74) is 2.66. The molecule has 0 aromatic heterocycles. The van der Waals surface area contributed by atoms with Crippen molar-refractivity contribution in [1.82, 2.24) is 4.72 Å². The van der Waals surface area contributed by atoms with E-state index in [-0.39, 0.29) is 10.8 Å².